The van der Waals surface area contributed by atoms with Gasteiger partial charge in [0.15, 0.2) is 0 Å². The number of aryl methyl sites for hydroxylation is 1. The maximum absolute atomic E-state index is 8.94. The molecule has 4 heteroatoms. The third kappa shape index (κ3) is 8.79. The van der Waals surface area contributed by atoms with E-state index in [1.807, 2.05) is 87.5 Å². The summed E-state index contributed by atoms with van der Waals surface area (Å²) in [5.41, 5.74) is 5.62. The zero-order valence-electron chi connectivity index (χ0n) is 39.9. The van der Waals surface area contributed by atoms with E-state index in [4.69, 9.17) is 14.0 Å². The van der Waals surface area contributed by atoms with Gasteiger partial charge in [0, 0.05) is 52.9 Å². The maximum Gasteiger partial charge on any atom is 0.129 e. The van der Waals surface area contributed by atoms with Crippen molar-refractivity contribution in [2.24, 2.45) is 10.8 Å². The largest absolute Gasteiger partial charge is 0.500 e. The fourth-order valence-electron chi connectivity index (χ4n) is 7.06. The molecule has 0 atom stereocenters. The SMILES string of the molecule is [2H]C([2H])([2H])c1cnc(-c2[c-]ccc3c2oc2c3ccc3ccc4cc(-c5ccccc5)ccc4c32)cc1C([2H])([2H])C(C)(C)C.[2H]C([2H])(c1ccc(-c2[c-]cccc2)nc1)C(C)(C)C.[Ir]. The number of benzene rings is 6. The van der Waals surface area contributed by atoms with Crippen LogP contribution < -0.4 is 0 Å². The van der Waals surface area contributed by atoms with E-state index < -0.39 is 30.4 Å². The zero-order chi connectivity index (χ0) is 45.1. The van der Waals surface area contributed by atoms with E-state index in [2.05, 4.69) is 76.7 Å². The van der Waals surface area contributed by atoms with Gasteiger partial charge in [-0.3, -0.25) is 0 Å². The summed E-state index contributed by atoms with van der Waals surface area (Å²) < 4.78 is 65.2. The van der Waals surface area contributed by atoms with Crippen LogP contribution in [0.1, 0.15) is 67.8 Å². The summed E-state index contributed by atoms with van der Waals surface area (Å²) >= 11 is 0. The molecule has 0 aliphatic heterocycles. The fourth-order valence-corrected chi connectivity index (χ4v) is 7.06. The Morgan fingerprint density at radius 1 is 0.614 bits per heavy atom. The molecule has 0 aliphatic carbocycles. The van der Waals surface area contributed by atoms with Gasteiger partial charge in [-0.2, -0.15) is 0 Å². The van der Waals surface area contributed by atoms with Crippen LogP contribution in [-0.2, 0) is 32.9 Å². The summed E-state index contributed by atoms with van der Waals surface area (Å²) in [5, 5.41) is 6.09. The molecule has 1 radical (unpaired) electrons. The van der Waals surface area contributed by atoms with Gasteiger partial charge in [-0.05, 0) is 86.3 Å². The van der Waals surface area contributed by atoms with E-state index in [-0.39, 0.29) is 31.2 Å². The molecule has 0 N–H and O–H groups in total. The van der Waals surface area contributed by atoms with E-state index in [0.717, 1.165) is 60.3 Å². The van der Waals surface area contributed by atoms with Crippen LogP contribution in [0.3, 0.4) is 0 Å². The summed E-state index contributed by atoms with van der Waals surface area (Å²) in [5.74, 6) is 0. The van der Waals surface area contributed by atoms with Gasteiger partial charge in [-0.25, -0.2) is 0 Å². The first-order valence-corrected chi connectivity index (χ1v) is 18.9. The molecule has 0 saturated carbocycles. The first-order chi connectivity index (χ1) is 29.7. The Morgan fingerprint density at radius 2 is 1.33 bits per heavy atom. The summed E-state index contributed by atoms with van der Waals surface area (Å²) in [6, 6.07) is 48.2. The van der Waals surface area contributed by atoms with Gasteiger partial charge in [0.25, 0.3) is 0 Å². The number of hydrogen-bond acceptors (Lipinski definition) is 3. The number of aromatic nitrogens is 2. The quantitative estimate of drug-likeness (QED) is 0.128. The van der Waals surface area contributed by atoms with Crippen molar-refractivity contribution in [1.29, 1.82) is 0 Å². The number of pyridine rings is 2. The van der Waals surface area contributed by atoms with Crippen LogP contribution >= 0.6 is 0 Å². The Bertz CT molecular complexity index is 3110. The second kappa shape index (κ2) is 16.2. The molecule has 0 unspecified atom stereocenters. The Kier molecular flexibility index (Phi) is 9.00. The average Bonchev–Trinajstić information content (AvgIpc) is 3.65. The minimum Gasteiger partial charge on any atom is -0.500 e. The number of fused-ring (bicyclic) bond motifs is 7. The van der Waals surface area contributed by atoms with Crippen molar-refractivity contribution in [3.05, 3.63) is 169 Å². The van der Waals surface area contributed by atoms with Crippen LogP contribution in [0.15, 0.2) is 144 Å². The molecule has 57 heavy (non-hydrogen) atoms. The van der Waals surface area contributed by atoms with Gasteiger partial charge in [0.1, 0.15) is 5.58 Å². The van der Waals surface area contributed by atoms with E-state index in [1.54, 1.807) is 33.0 Å². The number of nitrogens with zero attached hydrogens (tertiary/aromatic N) is 2. The fraction of sp³-hybridized carbons (Fsp3) is 0.208. The van der Waals surface area contributed by atoms with Gasteiger partial charge in [0.05, 0.1) is 5.58 Å². The molecule has 9 rings (SSSR count). The van der Waals surface area contributed by atoms with Crippen molar-refractivity contribution in [2.75, 3.05) is 0 Å². The van der Waals surface area contributed by atoms with Gasteiger partial charge >= 0.3 is 0 Å². The van der Waals surface area contributed by atoms with E-state index in [0.29, 0.717) is 22.4 Å². The Balaban J connectivity index is 0.000000258. The summed E-state index contributed by atoms with van der Waals surface area (Å²) in [4.78, 5) is 8.88. The predicted octanol–water partition coefficient (Wildman–Crippen LogP) is 14.5. The standard InChI is InChI=1S/C37H30NO.C16H18N.Ir/c1-23-22-38-33(20-28(23)21-37(2,3)4)32-12-8-11-30-31-18-15-25-13-14-27-19-26(24-9-6-5-7-10-24)16-17-29(27)34(25)36(31)39-35(30)32;1-16(2,3)11-13-9-10-15(17-12-13)14-7-5-4-6-8-14;/h5-11,13-20,22H,21H2,1-4H3;4-7,9-10,12H,11H2,1-3H3;/q2*-1;/i1D3,21D2;11D2;. The minimum atomic E-state index is -2.52. The third-order valence-corrected chi connectivity index (χ3v) is 9.44. The van der Waals surface area contributed by atoms with Gasteiger partial charge in [0.2, 0.25) is 0 Å². The van der Waals surface area contributed by atoms with Crippen LogP contribution in [-0.4, -0.2) is 9.97 Å². The summed E-state index contributed by atoms with van der Waals surface area (Å²) in [6.07, 6.45) is -0.436. The molecule has 6 aromatic carbocycles. The average molecular weight is 928 g/mol. The molecular formula is C53H48IrN2O-2. The van der Waals surface area contributed by atoms with Crippen molar-refractivity contribution in [3.8, 4) is 33.6 Å². The molecule has 3 heterocycles. The number of hydrogen-bond donors (Lipinski definition) is 0. The van der Waals surface area contributed by atoms with Gasteiger partial charge < -0.3 is 14.4 Å². The predicted molar refractivity (Wildman–Crippen MR) is 236 cm³/mol. The molecule has 3 aromatic heterocycles. The van der Waals surface area contributed by atoms with E-state index >= 15 is 0 Å². The van der Waals surface area contributed by atoms with Gasteiger partial charge in [-0.1, -0.05) is 143 Å². The number of furan rings is 1. The molecule has 9 aromatic rings. The van der Waals surface area contributed by atoms with E-state index in [9.17, 15) is 0 Å². The van der Waals surface area contributed by atoms with Crippen molar-refractivity contribution >= 4 is 43.5 Å². The molecule has 0 spiro atoms. The van der Waals surface area contributed by atoms with Crippen molar-refractivity contribution in [3.63, 3.8) is 0 Å². The Hall–Kier alpha value is -5.41. The molecular weight excluding hydrogens is 873 g/mol. The second-order valence-electron chi connectivity index (χ2n) is 16.2. The van der Waals surface area contributed by atoms with Crippen molar-refractivity contribution in [1.82, 2.24) is 9.97 Å². The first-order valence-electron chi connectivity index (χ1n) is 22.4. The van der Waals surface area contributed by atoms with Crippen LogP contribution in [0.2, 0.25) is 0 Å². The van der Waals surface area contributed by atoms with Crippen LogP contribution in [0.4, 0.5) is 0 Å². The molecule has 0 bridgehead atoms. The molecule has 0 aliphatic rings. The summed E-state index contributed by atoms with van der Waals surface area (Å²) in [7, 11) is 0. The van der Waals surface area contributed by atoms with Crippen LogP contribution in [0, 0.1) is 29.8 Å². The first kappa shape index (κ1) is 31.6. The van der Waals surface area contributed by atoms with Gasteiger partial charge in [-0.15, -0.1) is 54.1 Å². The smallest absolute Gasteiger partial charge is 0.129 e. The Morgan fingerprint density at radius 3 is 2.05 bits per heavy atom. The van der Waals surface area contributed by atoms with Crippen molar-refractivity contribution in [2.45, 2.75) is 61.1 Å². The summed E-state index contributed by atoms with van der Waals surface area (Å²) in [6.45, 7) is 8.46. The molecule has 287 valence electrons. The topological polar surface area (TPSA) is 38.9 Å². The molecule has 0 amide bonds. The second-order valence-corrected chi connectivity index (χ2v) is 16.2. The normalized spacial score (nSPS) is 14.3. The molecule has 0 fully saturated rings. The maximum atomic E-state index is 8.94. The number of rotatable bonds is 5. The Labute approximate surface area is 360 Å². The van der Waals surface area contributed by atoms with Crippen LogP contribution in [0.5, 0.6) is 0 Å². The minimum absolute atomic E-state index is 0. The monoisotopic (exact) mass is 928 g/mol. The molecule has 3 nitrogen and oxygen atoms in total. The molecule has 0 saturated heterocycles. The zero-order valence-corrected chi connectivity index (χ0v) is 35.3. The third-order valence-electron chi connectivity index (χ3n) is 9.44. The van der Waals surface area contributed by atoms with E-state index in [1.165, 1.54) is 6.20 Å². The van der Waals surface area contributed by atoms with Crippen LogP contribution in [0.25, 0.3) is 77.1 Å². The van der Waals surface area contributed by atoms with Crippen molar-refractivity contribution < 1.29 is 34.1 Å².